The first-order chi connectivity index (χ1) is 14.4. The van der Waals surface area contributed by atoms with E-state index in [2.05, 4.69) is 12.2 Å². The van der Waals surface area contributed by atoms with Crippen molar-refractivity contribution >= 4 is 22.6 Å². The van der Waals surface area contributed by atoms with E-state index in [1.165, 1.54) is 13.3 Å². The summed E-state index contributed by atoms with van der Waals surface area (Å²) in [5.74, 6) is -1.08. The lowest BCUT2D eigenvalue weighted by atomic mass is 10.0. The summed E-state index contributed by atoms with van der Waals surface area (Å²) in [6.45, 7) is 6.78. The van der Waals surface area contributed by atoms with Gasteiger partial charge in [-0.25, -0.2) is 9.18 Å². The van der Waals surface area contributed by atoms with E-state index in [0.29, 0.717) is 36.0 Å². The highest BCUT2D eigenvalue weighted by molar-refractivity contribution is 5.99. The molecule has 1 saturated heterocycles. The van der Waals surface area contributed by atoms with Gasteiger partial charge in [0.1, 0.15) is 11.3 Å². The molecule has 1 aliphatic carbocycles. The number of hydrogen-bond acceptors (Lipinski definition) is 5. The maximum atomic E-state index is 15.6. The van der Waals surface area contributed by atoms with Crippen LogP contribution in [0.25, 0.3) is 10.9 Å². The summed E-state index contributed by atoms with van der Waals surface area (Å²) >= 11 is 0. The lowest BCUT2D eigenvalue weighted by Gasteiger charge is -2.26. The molecule has 7 nitrogen and oxygen atoms in total. The lowest BCUT2D eigenvalue weighted by molar-refractivity contribution is 0.0695. The predicted molar refractivity (Wildman–Crippen MR) is 114 cm³/mol. The Labute approximate surface area is 174 Å². The van der Waals surface area contributed by atoms with Crippen molar-refractivity contribution < 1.29 is 19.0 Å². The van der Waals surface area contributed by atoms with Crippen LogP contribution in [0.5, 0.6) is 5.75 Å². The largest absolute Gasteiger partial charge is 0.492 e. The zero-order valence-corrected chi connectivity index (χ0v) is 17.6. The molecule has 30 heavy (non-hydrogen) atoms. The van der Waals surface area contributed by atoms with E-state index in [-0.39, 0.29) is 22.6 Å². The number of carbonyl (C=O) groups is 1. The van der Waals surface area contributed by atoms with Crippen LogP contribution in [0.4, 0.5) is 10.1 Å². The molecule has 0 bridgehead atoms. The molecule has 1 unspecified atom stereocenters. The summed E-state index contributed by atoms with van der Waals surface area (Å²) in [5, 5.41) is 13.0. The molecule has 2 fully saturated rings. The van der Waals surface area contributed by atoms with Crippen LogP contribution in [0, 0.1) is 18.7 Å². The van der Waals surface area contributed by atoms with Gasteiger partial charge in [-0.2, -0.15) is 0 Å². The minimum Gasteiger partial charge on any atom is -0.492 e. The molecule has 162 valence electrons. The molecule has 1 saturated carbocycles. The third-order valence-corrected chi connectivity index (χ3v) is 6.24. The number of aromatic carboxylic acids is 1. The fourth-order valence-electron chi connectivity index (χ4n) is 4.53. The van der Waals surface area contributed by atoms with E-state index < -0.39 is 17.2 Å². The van der Waals surface area contributed by atoms with Crippen LogP contribution in [0.2, 0.25) is 0 Å². The van der Waals surface area contributed by atoms with E-state index >= 15 is 4.39 Å². The summed E-state index contributed by atoms with van der Waals surface area (Å²) in [4.78, 5) is 26.6. The van der Waals surface area contributed by atoms with Crippen molar-refractivity contribution in [3.63, 3.8) is 0 Å². The number of ether oxygens (including phenoxy) is 1. The van der Waals surface area contributed by atoms with Gasteiger partial charge in [0.15, 0.2) is 11.6 Å². The zero-order chi connectivity index (χ0) is 21.6. The van der Waals surface area contributed by atoms with Gasteiger partial charge in [-0.3, -0.25) is 4.79 Å². The smallest absolute Gasteiger partial charge is 0.341 e. The number of nitrogens with one attached hydrogen (secondary N) is 1. The van der Waals surface area contributed by atoms with Gasteiger partial charge in [0.05, 0.1) is 18.0 Å². The van der Waals surface area contributed by atoms with Gasteiger partial charge < -0.3 is 24.6 Å². The number of nitrogens with zero attached hydrogens (tertiary/aromatic N) is 2. The summed E-state index contributed by atoms with van der Waals surface area (Å²) < 4.78 is 23.1. The number of methoxy groups -OCH3 is 1. The normalized spacial score (nSPS) is 18.9. The number of fused-ring (bicyclic) bond motifs is 1. The molecule has 1 aliphatic heterocycles. The van der Waals surface area contributed by atoms with Crippen LogP contribution in [-0.2, 0) is 0 Å². The first-order valence-electron chi connectivity index (χ1n) is 10.5. The molecular weight excluding hydrogens is 389 g/mol. The van der Waals surface area contributed by atoms with E-state index in [0.717, 1.165) is 32.4 Å². The minimum atomic E-state index is -1.30. The second kappa shape index (κ2) is 7.91. The number of halogens is 1. The van der Waals surface area contributed by atoms with Gasteiger partial charge in [0, 0.05) is 30.9 Å². The standard InChI is InChI=1S/C22H28FN3O4/c1-4-24-9-13-7-8-25(10-13)19-17(23)12(2)16-18(21(19)30-3)26(14-5-6-14)11-15(20(16)27)22(28)29/h11,13-14,24H,4-10H2,1-3H3,(H,28,29). The number of pyridine rings is 1. The van der Waals surface area contributed by atoms with Crippen molar-refractivity contribution in [2.24, 2.45) is 5.92 Å². The van der Waals surface area contributed by atoms with Crippen LogP contribution >= 0.6 is 0 Å². The Hall–Kier alpha value is -2.61. The second-order valence-corrected chi connectivity index (χ2v) is 8.27. The number of benzene rings is 1. The zero-order valence-electron chi connectivity index (χ0n) is 17.6. The van der Waals surface area contributed by atoms with Gasteiger partial charge in [0.2, 0.25) is 5.43 Å². The molecule has 0 radical (unpaired) electrons. The van der Waals surface area contributed by atoms with Gasteiger partial charge in [-0.05, 0) is 45.2 Å². The summed E-state index contributed by atoms with van der Waals surface area (Å²) in [5.41, 5.74) is 0.0523. The minimum absolute atomic E-state index is 0.0953. The number of anilines is 1. The molecule has 2 heterocycles. The Kier molecular flexibility index (Phi) is 5.44. The van der Waals surface area contributed by atoms with Crippen LogP contribution in [0.1, 0.15) is 48.1 Å². The number of hydrogen-bond donors (Lipinski definition) is 2. The highest BCUT2D eigenvalue weighted by Crippen LogP contribution is 2.45. The third-order valence-electron chi connectivity index (χ3n) is 6.24. The van der Waals surface area contributed by atoms with Gasteiger partial charge in [-0.15, -0.1) is 0 Å². The van der Waals surface area contributed by atoms with Crippen LogP contribution < -0.4 is 20.4 Å². The van der Waals surface area contributed by atoms with Crippen molar-refractivity contribution in [3.05, 3.63) is 33.4 Å². The number of aromatic nitrogens is 1. The monoisotopic (exact) mass is 417 g/mol. The molecule has 0 spiro atoms. The van der Waals surface area contributed by atoms with E-state index in [9.17, 15) is 14.7 Å². The fourth-order valence-corrected chi connectivity index (χ4v) is 4.53. The van der Waals surface area contributed by atoms with E-state index in [4.69, 9.17) is 4.74 Å². The predicted octanol–water partition coefficient (Wildman–Crippen LogP) is 2.93. The third kappa shape index (κ3) is 3.33. The van der Waals surface area contributed by atoms with Crippen LogP contribution in [-0.4, -0.2) is 48.9 Å². The Morgan fingerprint density at radius 2 is 2.10 bits per heavy atom. The summed E-state index contributed by atoms with van der Waals surface area (Å²) in [6, 6.07) is 0.0953. The topological polar surface area (TPSA) is 83.8 Å². The van der Waals surface area contributed by atoms with Crippen LogP contribution in [0.15, 0.2) is 11.0 Å². The summed E-state index contributed by atoms with van der Waals surface area (Å²) in [6.07, 6.45) is 4.12. The Morgan fingerprint density at radius 1 is 1.37 bits per heavy atom. The molecule has 8 heteroatoms. The van der Waals surface area contributed by atoms with Crippen molar-refractivity contribution in [2.75, 3.05) is 38.2 Å². The molecule has 2 N–H and O–H groups in total. The maximum Gasteiger partial charge on any atom is 0.341 e. The molecule has 1 aromatic carbocycles. The highest BCUT2D eigenvalue weighted by atomic mass is 19.1. The average Bonchev–Trinajstić information content (AvgIpc) is 3.46. The quantitative estimate of drug-likeness (QED) is 0.721. The molecule has 2 aliphatic rings. The average molecular weight is 417 g/mol. The van der Waals surface area contributed by atoms with E-state index in [1.807, 2.05) is 4.90 Å². The van der Waals surface area contributed by atoms with Gasteiger partial charge in [0.25, 0.3) is 0 Å². The molecule has 4 rings (SSSR count). The Bertz CT molecular complexity index is 1060. The molecule has 0 amide bonds. The van der Waals surface area contributed by atoms with Gasteiger partial charge in [-0.1, -0.05) is 6.92 Å². The number of aryl methyl sites for hydroxylation is 1. The number of carboxylic acid groups (broad SMARTS) is 1. The van der Waals surface area contributed by atoms with Crippen LogP contribution in [0.3, 0.4) is 0 Å². The lowest BCUT2D eigenvalue weighted by Crippen LogP contribution is -2.28. The molecule has 2 aromatic rings. The SMILES string of the molecule is CCNCC1CCN(c2c(F)c(C)c3c(=O)c(C(=O)O)cn(C4CC4)c3c2OC)C1. The Morgan fingerprint density at radius 3 is 2.70 bits per heavy atom. The molecule has 1 aromatic heterocycles. The van der Waals surface area contributed by atoms with Crippen molar-refractivity contribution in [3.8, 4) is 5.75 Å². The Balaban J connectivity index is 1.94. The number of rotatable bonds is 7. The first kappa shape index (κ1) is 20.7. The second-order valence-electron chi connectivity index (χ2n) is 8.27. The fraction of sp³-hybridized carbons (Fsp3) is 0.545. The van der Waals surface area contributed by atoms with Crippen molar-refractivity contribution in [1.82, 2.24) is 9.88 Å². The first-order valence-corrected chi connectivity index (χ1v) is 10.5. The maximum absolute atomic E-state index is 15.6. The van der Waals surface area contributed by atoms with E-state index in [1.54, 1.807) is 11.5 Å². The molecule has 1 atom stereocenters. The van der Waals surface area contributed by atoms with Gasteiger partial charge >= 0.3 is 5.97 Å². The number of carboxylic acids is 1. The van der Waals surface area contributed by atoms with Crippen molar-refractivity contribution in [2.45, 2.75) is 39.2 Å². The molecular formula is C22H28FN3O4. The summed E-state index contributed by atoms with van der Waals surface area (Å²) in [7, 11) is 1.48. The van der Waals surface area contributed by atoms with Crippen molar-refractivity contribution in [1.29, 1.82) is 0 Å². The highest BCUT2D eigenvalue weighted by Gasteiger charge is 2.34.